The van der Waals surface area contributed by atoms with Crippen molar-refractivity contribution in [2.24, 2.45) is 0 Å². The smallest absolute Gasteiger partial charge is 0.337 e. The van der Waals surface area contributed by atoms with Gasteiger partial charge in [-0.25, -0.2) is 4.79 Å². The van der Waals surface area contributed by atoms with Crippen LogP contribution >= 0.6 is 0 Å². The Kier molecular flexibility index (Phi) is 6.39. The van der Waals surface area contributed by atoms with Crippen LogP contribution in [0.5, 0.6) is 0 Å². The lowest BCUT2D eigenvalue weighted by atomic mass is 10.1. The zero-order valence-corrected chi connectivity index (χ0v) is 16.1. The van der Waals surface area contributed by atoms with Gasteiger partial charge in [-0.15, -0.1) is 0 Å². The lowest BCUT2D eigenvalue weighted by Gasteiger charge is -2.10. The molecular formula is C22H19N3O5. The van der Waals surface area contributed by atoms with Crippen LogP contribution in [0.25, 0.3) is 0 Å². The summed E-state index contributed by atoms with van der Waals surface area (Å²) in [5.74, 6) is -1.06. The highest BCUT2D eigenvalue weighted by Crippen LogP contribution is 2.27. The van der Waals surface area contributed by atoms with E-state index in [-0.39, 0.29) is 16.8 Å². The number of hydrogen-bond acceptors (Lipinski definition) is 6. The Balaban J connectivity index is 1.77. The maximum Gasteiger partial charge on any atom is 0.337 e. The van der Waals surface area contributed by atoms with Gasteiger partial charge in [-0.05, 0) is 35.9 Å². The van der Waals surface area contributed by atoms with Gasteiger partial charge < -0.3 is 15.4 Å². The second-order valence-corrected chi connectivity index (χ2v) is 6.35. The molecule has 0 saturated carbocycles. The number of nitro benzene ring substituents is 1. The number of carbonyl (C=O) groups excluding carboxylic acids is 2. The number of rotatable bonds is 7. The molecule has 1 amide bonds. The molecule has 0 aliphatic carbocycles. The van der Waals surface area contributed by atoms with Crippen molar-refractivity contribution < 1.29 is 19.2 Å². The molecule has 8 nitrogen and oxygen atoms in total. The maximum absolute atomic E-state index is 12.6. The SMILES string of the molecule is COC(=O)c1cccc(NC(=O)c2ccc(NCc3ccccc3)c([N+](=O)[O-])c2)c1. The summed E-state index contributed by atoms with van der Waals surface area (Å²) in [6.07, 6.45) is 0. The molecular weight excluding hydrogens is 386 g/mol. The number of ether oxygens (including phenoxy) is 1. The maximum atomic E-state index is 12.6. The third kappa shape index (κ3) is 4.99. The van der Waals surface area contributed by atoms with Crippen LogP contribution in [0.1, 0.15) is 26.3 Å². The van der Waals surface area contributed by atoms with Crippen molar-refractivity contribution in [3.8, 4) is 0 Å². The number of nitrogens with one attached hydrogen (secondary N) is 2. The first-order chi connectivity index (χ1) is 14.5. The summed E-state index contributed by atoms with van der Waals surface area (Å²) in [4.78, 5) is 35.1. The monoisotopic (exact) mass is 405 g/mol. The number of anilines is 2. The predicted octanol–water partition coefficient (Wildman–Crippen LogP) is 4.25. The second kappa shape index (κ2) is 9.33. The Morgan fingerprint density at radius 3 is 2.43 bits per heavy atom. The third-order valence-corrected chi connectivity index (χ3v) is 4.32. The molecule has 0 saturated heterocycles. The molecule has 3 rings (SSSR count). The average molecular weight is 405 g/mol. The zero-order valence-electron chi connectivity index (χ0n) is 16.1. The molecule has 0 bridgehead atoms. The quantitative estimate of drug-likeness (QED) is 0.345. The molecule has 0 aliphatic heterocycles. The van der Waals surface area contributed by atoms with Crippen molar-refractivity contribution in [2.45, 2.75) is 6.54 Å². The average Bonchev–Trinajstić information content (AvgIpc) is 2.77. The van der Waals surface area contributed by atoms with E-state index in [2.05, 4.69) is 15.4 Å². The van der Waals surface area contributed by atoms with E-state index >= 15 is 0 Å². The first kappa shape index (κ1) is 20.5. The van der Waals surface area contributed by atoms with E-state index in [1.54, 1.807) is 18.2 Å². The highest BCUT2D eigenvalue weighted by atomic mass is 16.6. The highest BCUT2D eigenvalue weighted by Gasteiger charge is 2.18. The van der Waals surface area contributed by atoms with Crippen LogP contribution in [-0.2, 0) is 11.3 Å². The van der Waals surface area contributed by atoms with E-state index < -0.39 is 16.8 Å². The molecule has 3 aromatic rings. The van der Waals surface area contributed by atoms with Crippen LogP contribution < -0.4 is 10.6 Å². The molecule has 0 atom stereocenters. The van der Waals surface area contributed by atoms with Crippen LogP contribution in [0.3, 0.4) is 0 Å². The summed E-state index contributed by atoms with van der Waals surface area (Å²) in [7, 11) is 1.26. The molecule has 0 heterocycles. The van der Waals surface area contributed by atoms with E-state index in [9.17, 15) is 19.7 Å². The van der Waals surface area contributed by atoms with E-state index in [1.165, 1.54) is 31.4 Å². The minimum atomic E-state index is -0.540. The molecule has 152 valence electrons. The highest BCUT2D eigenvalue weighted by molar-refractivity contribution is 6.05. The number of benzene rings is 3. The molecule has 8 heteroatoms. The predicted molar refractivity (Wildman–Crippen MR) is 113 cm³/mol. The Bertz CT molecular complexity index is 1080. The van der Waals surface area contributed by atoms with Gasteiger partial charge in [0, 0.05) is 23.9 Å². The van der Waals surface area contributed by atoms with E-state index in [0.29, 0.717) is 17.9 Å². The zero-order chi connectivity index (χ0) is 21.5. The van der Waals surface area contributed by atoms with Crippen molar-refractivity contribution in [3.05, 3.63) is 99.6 Å². The fourth-order valence-electron chi connectivity index (χ4n) is 2.81. The summed E-state index contributed by atoms with van der Waals surface area (Å²) < 4.78 is 4.66. The Morgan fingerprint density at radius 1 is 0.967 bits per heavy atom. The van der Waals surface area contributed by atoms with Crippen molar-refractivity contribution in [2.75, 3.05) is 17.7 Å². The third-order valence-electron chi connectivity index (χ3n) is 4.32. The van der Waals surface area contributed by atoms with Crippen molar-refractivity contribution >= 4 is 28.9 Å². The molecule has 30 heavy (non-hydrogen) atoms. The molecule has 2 N–H and O–H groups in total. The molecule has 0 spiro atoms. The van der Waals surface area contributed by atoms with E-state index in [1.807, 2.05) is 30.3 Å². The van der Waals surface area contributed by atoms with Crippen molar-refractivity contribution in [1.29, 1.82) is 0 Å². The number of methoxy groups -OCH3 is 1. The summed E-state index contributed by atoms with van der Waals surface area (Å²) in [5.41, 5.74) is 1.85. The van der Waals surface area contributed by atoms with Gasteiger partial charge in [0.15, 0.2) is 0 Å². The second-order valence-electron chi connectivity index (χ2n) is 6.35. The van der Waals surface area contributed by atoms with Crippen LogP contribution in [0.4, 0.5) is 17.1 Å². The molecule has 0 radical (unpaired) electrons. The molecule has 0 fully saturated rings. The van der Waals surface area contributed by atoms with Gasteiger partial charge in [0.25, 0.3) is 11.6 Å². The van der Waals surface area contributed by atoms with Crippen LogP contribution in [-0.4, -0.2) is 23.9 Å². The van der Waals surface area contributed by atoms with Gasteiger partial charge in [0.1, 0.15) is 5.69 Å². The van der Waals surface area contributed by atoms with Gasteiger partial charge in [-0.2, -0.15) is 0 Å². The minimum Gasteiger partial charge on any atom is -0.465 e. The van der Waals surface area contributed by atoms with Crippen molar-refractivity contribution in [3.63, 3.8) is 0 Å². The number of nitro groups is 1. The van der Waals surface area contributed by atoms with E-state index in [4.69, 9.17) is 0 Å². The number of carbonyl (C=O) groups is 2. The summed E-state index contributed by atoms with van der Waals surface area (Å²) in [5, 5.41) is 17.2. The van der Waals surface area contributed by atoms with Crippen LogP contribution in [0.15, 0.2) is 72.8 Å². The topological polar surface area (TPSA) is 111 Å². The first-order valence-electron chi connectivity index (χ1n) is 9.04. The lowest BCUT2D eigenvalue weighted by molar-refractivity contribution is -0.384. The van der Waals surface area contributed by atoms with Gasteiger partial charge in [-0.1, -0.05) is 36.4 Å². The minimum absolute atomic E-state index is 0.121. The van der Waals surface area contributed by atoms with Crippen LogP contribution in [0.2, 0.25) is 0 Å². The Morgan fingerprint density at radius 2 is 1.73 bits per heavy atom. The fraction of sp³-hybridized carbons (Fsp3) is 0.0909. The van der Waals surface area contributed by atoms with Gasteiger partial charge in [-0.3, -0.25) is 14.9 Å². The van der Waals surface area contributed by atoms with E-state index in [0.717, 1.165) is 5.56 Å². The lowest BCUT2D eigenvalue weighted by Crippen LogP contribution is -2.13. The first-order valence-corrected chi connectivity index (χ1v) is 9.04. The molecule has 0 aromatic heterocycles. The van der Waals surface area contributed by atoms with Crippen LogP contribution in [0, 0.1) is 10.1 Å². The molecule has 3 aromatic carbocycles. The molecule has 0 aliphatic rings. The van der Waals surface area contributed by atoms with Crippen molar-refractivity contribution in [1.82, 2.24) is 0 Å². The van der Waals surface area contributed by atoms with Gasteiger partial charge in [0.2, 0.25) is 0 Å². The Hall–Kier alpha value is -4.20. The normalized spacial score (nSPS) is 10.2. The summed E-state index contributed by atoms with van der Waals surface area (Å²) >= 11 is 0. The van der Waals surface area contributed by atoms with Gasteiger partial charge >= 0.3 is 5.97 Å². The summed E-state index contributed by atoms with van der Waals surface area (Å²) in [6, 6.07) is 19.9. The number of hydrogen-bond donors (Lipinski definition) is 2. The summed E-state index contributed by atoms with van der Waals surface area (Å²) in [6.45, 7) is 0.410. The fourth-order valence-corrected chi connectivity index (χ4v) is 2.81. The number of esters is 1. The largest absolute Gasteiger partial charge is 0.465 e. The number of amides is 1. The molecule has 0 unspecified atom stereocenters. The number of nitrogens with zero attached hydrogens (tertiary/aromatic N) is 1. The Labute approximate surface area is 172 Å². The standard InChI is InChI=1S/C22H19N3O5/c1-30-22(27)17-8-5-9-18(12-17)24-21(26)16-10-11-19(20(13-16)25(28)29)23-14-15-6-3-2-4-7-15/h2-13,23H,14H2,1H3,(H,24,26). The van der Waals surface area contributed by atoms with Gasteiger partial charge in [0.05, 0.1) is 17.6 Å².